The van der Waals surface area contributed by atoms with Crippen molar-refractivity contribution < 1.29 is 28.2 Å². The Hall–Kier alpha value is -1.20. The van der Waals surface area contributed by atoms with E-state index in [1.54, 1.807) is 20.8 Å². The zero-order chi connectivity index (χ0) is 23.2. The number of rotatable bonds is 15. The molecule has 0 saturated carbocycles. The smallest absolute Gasteiger partial charge is 0.469 e. The van der Waals surface area contributed by atoms with Crippen LogP contribution in [0, 0.1) is 5.92 Å². The Morgan fingerprint density at radius 3 is 2.03 bits per heavy atom. The van der Waals surface area contributed by atoms with Gasteiger partial charge < -0.3 is 14.8 Å². The largest absolute Gasteiger partial charge is 0.505 e. The highest BCUT2D eigenvalue weighted by Gasteiger charge is 2.41. The van der Waals surface area contributed by atoms with Crippen LogP contribution in [-0.4, -0.2) is 43.6 Å². The average Bonchev–Trinajstić information content (AvgIpc) is 2.64. The first-order valence-corrected chi connectivity index (χ1v) is 12.8. The summed E-state index contributed by atoms with van der Waals surface area (Å²) in [5, 5.41) is 2.88. The van der Waals surface area contributed by atoms with Crippen molar-refractivity contribution in [3.8, 4) is 0 Å². The fraction of sp³-hybridized carbons (Fsp3) is 0.909. The highest BCUT2D eigenvalue weighted by atomic mass is 31.1. The van der Waals surface area contributed by atoms with Crippen LogP contribution in [0.4, 0.5) is 4.79 Å². The molecule has 0 aromatic carbocycles. The first-order chi connectivity index (χ1) is 14.1. The third-order valence-corrected chi connectivity index (χ3v) is 5.30. The third kappa shape index (κ3) is 13.2. The number of esters is 1. The number of hydrogen-bond acceptors (Lipinski definition) is 6. The van der Waals surface area contributed by atoms with Gasteiger partial charge in [-0.3, -0.25) is 4.79 Å². The van der Waals surface area contributed by atoms with E-state index in [1.807, 2.05) is 0 Å². The van der Waals surface area contributed by atoms with Crippen LogP contribution in [0.5, 0.6) is 0 Å². The first-order valence-electron chi connectivity index (χ1n) is 11.2. The van der Waals surface area contributed by atoms with E-state index in [0.717, 1.165) is 44.9 Å². The molecule has 0 heterocycles. The second-order valence-electron chi connectivity index (χ2n) is 8.74. The summed E-state index contributed by atoms with van der Waals surface area (Å²) in [4.78, 5) is 25.1. The van der Waals surface area contributed by atoms with Crippen molar-refractivity contribution in [3.05, 3.63) is 0 Å². The minimum atomic E-state index is -1.98. The van der Waals surface area contributed by atoms with E-state index in [-0.39, 0.29) is 0 Å². The fourth-order valence-electron chi connectivity index (χ4n) is 3.35. The average molecular weight is 449 g/mol. The third-order valence-electron chi connectivity index (χ3n) is 4.76. The summed E-state index contributed by atoms with van der Waals surface area (Å²) < 4.78 is 28.2. The molecule has 0 aliphatic rings. The summed E-state index contributed by atoms with van der Waals surface area (Å²) in [6.45, 7) is 11.1. The van der Waals surface area contributed by atoms with Crippen LogP contribution in [0.2, 0.25) is 0 Å². The minimum absolute atomic E-state index is 0.403. The second-order valence-corrected chi connectivity index (χ2v) is 9.83. The Bertz CT molecular complexity index is 520. The highest BCUT2D eigenvalue weighted by molar-refractivity contribution is 7.38. The highest BCUT2D eigenvalue weighted by Crippen LogP contribution is 2.31. The molecule has 176 valence electrons. The Kier molecular flexibility index (Phi) is 15.0. The summed E-state index contributed by atoms with van der Waals surface area (Å²) in [5.74, 6) is -1.01. The zero-order valence-electron chi connectivity index (χ0n) is 20.0. The van der Waals surface area contributed by atoms with Gasteiger partial charge in [-0.2, -0.15) is 0 Å². The van der Waals surface area contributed by atoms with Crippen molar-refractivity contribution in [1.29, 1.82) is 0 Å². The van der Waals surface area contributed by atoms with E-state index in [2.05, 4.69) is 19.2 Å². The number of unbranched alkanes of at least 4 members (excludes halogenated alkanes) is 5. The molecular formula is C22H43NO6P+. The van der Waals surface area contributed by atoms with Crippen LogP contribution in [0.3, 0.4) is 0 Å². The second kappa shape index (κ2) is 15.6. The van der Waals surface area contributed by atoms with Crippen molar-refractivity contribution in [2.45, 2.75) is 110 Å². The van der Waals surface area contributed by atoms with E-state index in [1.165, 1.54) is 13.8 Å². The molecule has 1 amide bonds. The zero-order valence-corrected chi connectivity index (χ0v) is 20.9. The van der Waals surface area contributed by atoms with Gasteiger partial charge in [0, 0.05) is 0 Å². The molecule has 0 aliphatic heterocycles. The predicted molar refractivity (Wildman–Crippen MR) is 120 cm³/mol. The van der Waals surface area contributed by atoms with E-state index in [0.29, 0.717) is 12.8 Å². The van der Waals surface area contributed by atoms with Crippen LogP contribution >= 0.6 is 8.03 Å². The molecule has 0 bridgehead atoms. The van der Waals surface area contributed by atoms with Gasteiger partial charge in [0.1, 0.15) is 11.7 Å². The molecule has 0 saturated heterocycles. The maximum Gasteiger partial charge on any atom is 0.505 e. The molecule has 0 rings (SSSR count). The van der Waals surface area contributed by atoms with Gasteiger partial charge in [0.15, 0.2) is 6.66 Å². The van der Waals surface area contributed by atoms with E-state index in [9.17, 15) is 14.2 Å². The lowest BCUT2D eigenvalue weighted by molar-refractivity contribution is -0.149. The quantitative estimate of drug-likeness (QED) is 0.188. The molecule has 30 heavy (non-hydrogen) atoms. The topological polar surface area (TPSA) is 90.9 Å². The lowest BCUT2D eigenvalue weighted by Crippen LogP contribution is -2.50. The first kappa shape index (κ1) is 28.8. The fourth-order valence-corrected chi connectivity index (χ4v) is 3.99. The van der Waals surface area contributed by atoms with Gasteiger partial charge in [-0.1, -0.05) is 58.8 Å². The number of methoxy groups -OCH3 is 1. The molecule has 0 aromatic rings. The molecule has 4 unspecified atom stereocenters. The van der Waals surface area contributed by atoms with Crippen molar-refractivity contribution >= 4 is 20.1 Å². The van der Waals surface area contributed by atoms with E-state index in [4.69, 9.17) is 14.0 Å². The summed E-state index contributed by atoms with van der Waals surface area (Å²) >= 11 is 0. The number of nitrogens with one attached hydrogen (secondary N) is 1. The number of ether oxygens (including phenoxy) is 2. The molecule has 1 N–H and O–H groups in total. The van der Waals surface area contributed by atoms with Crippen molar-refractivity contribution in [3.63, 3.8) is 0 Å². The lowest BCUT2D eigenvalue weighted by Gasteiger charge is -2.30. The number of carbonyl (C=O) groups is 2. The van der Waals surface area contributed by atoms with E-state index < -0.39 is 43.8 Å². The van der Waals surface area contributed by atoms with Gasteiger partial charge in [-0.15, -0.1) is 4.52 Å². The number of alkyl carbamates (subject to hydrolysis) is 1. The summed E-state index contributed by atoms with van der Waals surface area (Å²) in [6.07, 6.45) is 6.69. The number of amides is 1. The van der Waals surface area contributed by atoms with Crippen LogP contribution < -0.4 is 5.32 Å². The van der Waals surface area contributed by atoms with Crippen LogP contribution in [0.1, 0.15) is 92.4 Å². The van der Waals surface area contributed by atoms with Crippen LogP contribution in [0.25, 0.3) is 0 Å². The molecule has 0 radical (unpaired) electrons. The van der Waals surface area contributed by atoms with Gasteiger partial charge in [-0.25, -0.2) is 4.79 Å². The molecule has 8 heteroatoms. The Labute approximate surface area is 183 Å². The summed E-state index contributed by atoms with van der Waals surface area (Å²) in [7, 11) is -0.632. The van der Waals surface area contributed by atoms with Gasteiger partial charge in [0.25, 0.3) is 0 Å². The summed E-state index contributed by atoms with van der Waals surface area (Å²) in [5.41, 5.74) is -0.647. The predicted octanol–water partition coefficient (Wildman–Crippen LogP) is 5.98. The van der Waals surface area contributed by atoms with Gasteiger partial charge in [0.05, 0.1) is 19.1 Å². The molecule has 4 atom stereocenters. The van der Waals surface area contributed by atoms with Gasteiger partial charge in [0.2, 0.25) is 0 Å². The normalized spacial score (nSPS) is 15.1. The molecule has 0 aliphatic carbocycles. The van der Waals surface area contributed by atoms with Gasteiger partial charge in [-0.05, 0) is 38.2 Å². The van der Waals surface area contributed by atoms with Gasteiger partial charge >= 0.3 is 20.1 Å². The summed E-state index contributed by atoms with van der Waals surface area (Å²) in [6, 6.07) is -0.499. The number of hydrogen-bond donors (Lipinski definition) is 1. The number of carbonyl (C=O) groups excluding carboxylic acids is 2. The Balaban J connectivity index is 5.66. The molecule has 7 nitrogen and oxygen atoms in total. The Morgan fingerprint density at radius 2 is 1.53 bits per heavy atom. The maximum atomic E-state index is 12.6. The maximum absolute atomic E-state index is 12.6. The standard InChI is InChI=1S/C22H42NO6P/c1-8-10-12-14-15-17(20(24)27-6)19(29-30(7)26)18(16-13-11-9-2)23-21(25)28-22(3,4)5/h17-19H,8-16H2,1-7H3/p+1. The van der Waals surface area contributed by atoms with Crippen molar-refractivity contribution in [2.24, 2.45) is 5.92 Å². The van der Waals surface area contributed by atoms with Crippen molar-refractivity contribution in [2.75, 3.05) is 13.8 Å². The molecule has 0 aromatic heterocycles. The van der Waals surface area contributed by atoms with Crippen LogP contribution in [-0.2, 0) is 23.4 Å². The lowest BCUT2D eigenvalue weighted by atomic mass is 9.88. The monoisotopic (exact) mass is 448 g/mol. The minimum Gasteiger partial charge on any atom is -0.469 e. The van der Waals surface area contributed by atoms with Crippen molar-refractivity contribution in [1.82, 2.24) is 5.32 Å². The molecule has 0 spiro atoms. The Morgan fingerprint density at radius 1 is 0.967 bits per heavy atom. The molecular weight excluding hydrogens is 405 g/mol. The van der Waals surface area contributed by atoms with Crippen LogP contribution in [0.15, 0.2) is 0 Å². The SMILES string of the molecule is CCCCCCC(C(=O)OC)C(O[P+](C)=O)C(CCCCC)NC(=O)OC(C)(C)C. The van der Waals surface area contributed by atoms with E-state index >= 15 is 0 Å². The molecule has 0 fully saturated rings.